The Kier molecular flexibility index (Phi) is 5.74. The van der Waals surface area contributed by atoms with Gasteiger partial charge in [0.05, 0.1) is 25.1 Å². The molecule has 0 aliphatic rings. The summed E-state index contributed by atoms with van der Waals surface area (Å²) in [4.78, 5) is 21.3. The summed E-state index contributed by atoms with van der Waals surface area (Å²) in [5.74, 6) is -0.268. The molecule has 0 aliphatic heterocycles. The molecule has 0 radical (unpaired) electrons. The Morgan fingerprint density at radius 1 is 1.47 bits per heavy atom. The second kappa shape index (κ2) is 7.32. The summed E-state index contributed by atoms with van der Waals surface area (Å²) in [7, 11) is 3.05. The summed E-state index contributed by atoms with van der Waals surface area (Å²) in [6.07, 6.45) is 0.0455. The van der Waals surface area contributed by atoms with Gasteiger partial charge in [0.15, 0.2) is 5.75 Å². The molecule has 0 heterocycles. The van der Waals surface area contributed by atoms with Crippen molar-refractivity contribution in [3.8, 4) is 5.75 Å². The van der Waals surface area contributed by atoms with Gasteiger partial charge in [0, 0.05) is 12.6 Å². The average molecular weight is 268 g/mol. The Morgan fingerprint density at radius 2 is 2.21 bits per heavy atom. The average Bonchev–Trinajstić information content (AvgIpc) is 2.38. The molecule has 0 spiro atoms. The number of esters is 1. The van der Waals surface area contributed by atoms with Crippen LogP contribution in [-0.2, 0) is 16.1 Å². The molecule has 19 heavy (non-hydrogen) atoms. The fraction of sp³-hybridized carbons (Fsp3) is 0.417. The van der Waals surface area contributed by atoms with Crippen molar-refractivity contribution in [2.75, 3.05) is 20.8 Å². The molecule has 7 heteroatoms. The summed E-state index contributed by atoms with van der Waals surface area (Å²) in [6.45, 7) is 0.613. The van der Waals surface area contributed by atoms with Gasteiger partial charge in [-0.15, -0.1) is 0 Å². The van der Waals surface area contributed by atoms with E-state index in [1.54, 1.807) is 19.2 Å². The van der Waals surface area contributed by atoms with Crippen molar-refractivity contribution in [3.05, 3.63) is 33.9 Å². The highest BCUT2D eigenvalue weighted by Gasteiger charge is 2.16. The maximum absolute atomic E-state index is 10.9. The van der Waals surface area contributed by atoms with E-state index >= 15 is 0 Å². The minimum atomic E-state index is -0.517. The first kappa shape index (κ1) is 14.9. The lowest BCUT2D eigenvalue weighted by Gasteiger charge is -2.08. The van der Waals surface area contributed by atoms with Crippen LogP contribution in [0, 0.1) is 10.1 Å². The molecule has 0 saturated carbocycles. The molecular weight excluding hydrogens is 252 g/mol. The lowest BCUT2D eigenvalue weighted by Crippen LogP contribution is -2.09. The second-order valence-electron chi connectivity index (χ2n) is 3.76. The Labute approximate surface area is 110 Å². The summed E-state index contributed by atoms with van der Waals surface area (Å²) < 4.78 is 9.75. The van der Waals surface area contributed by atoms with Crippen LogP contribution in [0.25, 0.3) is 0 Å². The van der Waals surface area contributed by atoms with E-state index in [-0.39, 0.29) is 24.5 Å². The standard InChI is InChI=1S/C12H16N2O5/c1-13-8-9-3-4-10(14(16)17)11(7-9)19-6-5-12(15)18-2/h3-4,7,13H,5-6,8H2,1-2H3. The third kappa shape index (κ3) is 4.55. The lowest BCUT2D eigenvalue weighted by molar-refractivity contribution is -0.385. The fourth-order valence-corrected chi connectivity index (χ4v) is 1.49. The number of carbonyl (C=O) groups is 1. The third-order valence-electron chi connectivity index (χ3n) is 2.39. The zero-order chi connectivity index (χ0) is 14.3. The van der Waals surface area contributed by atoms with Crippen molar-refractivity contribution in [2.45, 2.75) is 13.0 Å². The molecular formula is C12H16N2O5. The number of benzene rings is 1. The van der Waals surface area contributed by atoms with Gasteiger partial charge < -0.3 is 14.8 Å². The van der Waals surface area contributed by atoms with E-state index < -0.39 is 10.9 Å². The molecule has 0 fully saturated rings. The van der Waals surface area contributed by atoms with E-state index in [9.17, 15) is 14.9 Å². The highest BCUT2D eigenvalue weighted by Crippen LogP contribution is 2.28. The van der Waals surface area contributed by atoms with Crippen LogP contribution in [0.4, 0.5) is 5.69 Å². The number of ether oxygens (including phenoxy) is 2. The van der Waals surface area contributed by atoms with Crippen LogP contribution in [-0.4, -0.2) is 31.7 Å². The number of nitrogens with one attached hydrogen (secondary N) is 1. The first-order valence-corrected chi connectivity index (χ1v) is 5.70. The number of nitro benzene ring substituents is 1. The van der Waals surface area contributed by atoms with Gasteiger partial charge in [-0.2, -0.15) is 0 Å². The molecule has 0 aliphatic carbocycles. The minimum absolute atomic E-state index is 0.0382. The highest BCUT2D eigenvalue weighted by atomic mass is 16.6. The molecule has 0 unspecified atom stereocenters. The molecule has 0 atom stereocenters. The highest BCUT2D eigenvalue weighted by molar-refractivity contribution is 5.69. The molecule has 0 aromatic heterocycles. The predicted molar refractivity (Wildman–Crippen MR) is 68.0 cm³/mol. The van der Waals surface area contributed by atoms with Crippen LogP contribution in [0.2, 0.25) is 0 Å². The Morgan fingerprint density at radius 3 is 2.79 bits per heavy atom. The van der Waals surface area contributed by atoms with Crippen molar-refractivity contribution in [1.82, 2.24) is 5.32 Å². The molecule has 1 aromatic rings. The first-order valence-electron chi connectivity index (χ1n) is 5.70. The Balaban J connectivity index is 2.79. The Bertz CT molecular complexity index is 461. The number of rotatable bonds is 7. The Hall–Kier alpha value is -2.15. The maximum Gasteiger partial charge on any atom is 0.310 e. The number of hydrogen-bond donors (Lipinski definition) is 1. The van der Waals surface area contributed by atoms with Gasteiger partial charge in [0.1, 0.15) is 0 Å². The molecule has 0 bridgehead atoms. The molecule has 104 valence electrons. The van der Waals surface area contributed by atoms with Crippen molar-refractivity contribution < 1.29 is 19.2 Å². The van der Waals surface area contributed by atoms with Crippen molar-refractivity contribution in [2.24, 2.45) is 0 Å². The van der Waals surface area contributed by atoms with Crippen LogP contribution in [0.5, 0.6) is 5.75 Å². The fourth-order valence-electron chi connectivity index (χ4n) is 1.49. The second-order valence-corrected chi connectivity index (χ2v) is 3.76. The van der Waals surface area contributed by atoms with Gasteiger partial charge in [-0.1, -0.05) is 6.07 Å². The quantitative estimate of drug-likeness (QED) is 0.454. The molecule has 7 nitrogen and oxygen atoms in total. The van der Waals surface area contributed by atoms with Crippen molar-refractivity contribution >= 4 is 11.7 Å². The van der Waals surface area contributed by atoms with Gasteiger partial charge >= 0.3 is 11.7 Å². The summed E-state index contributed by atoms with van der Waals surface area (Å²) in [5.41, 5.74) is 0.742. The number of carbonyl (C=O) groups excluding carboxylic acids is 1. The van der Waals surface area contributed by atoms with Gasteiger partial charge in [0.25, 0.3) is 0 Å². The van der Waals surface area contributed by atoms with Crippen LogP contribution < -0.4 is 10.1 Å². The van der Waals surface area contributed by atoms with Gasteiger partial charge in [-0.25, -0.2) is 0 Å². The van der Waals surface area contributed by atoms with E-state index in [1.807, 2.05) is 0 Å². The largest absolute Gasteiger partial charge is 0.486 e. The number of methoxy groups -OCH3 is 1. The number of nitrogens with zero attached hydrogens (tertiary/aromatic N) is 1. The SMILES string of the molecule is CNCc1ccc([N+](=O)[O-])c(OCCC(=O)OC)c1. The van der Waals surface area contributed by atoms with Crippen LogP contribution >= 0.6 is 0 Å². The van der Waals surface area contributed by atoms with Gasteiger partial charge in [0.2, 0.25) is 0 Å². The monoisotopic (exact) mass is 268 g/mol. The normalized spacial score (nSPS) is 10.0. The van der Waals surface area contributed by atoms with E-state index in [0.717, 1.165) is 5.56 Å². The number of nitro groups is 1. The lowest BCUT2D eigenvalue weighted by atomic mass is 10.2. The molecule has 1 aromatic carbocycles. The van der Waals surface area contributed by atoms with E-state index in [4.69, 9.17) is 4.74 Å². The molecule has 0 amide bonds. The number of hydrogen-bond acceptors (Lipinski definition) is 6. The van der Waals surface area contributed by atoms with E-state index in [2.05, 4.69) is 10.1 Å². The van der Waals surface area contributed by atoms with Crippen LogP contribution in [0.15, 0.2) is 18.2 Å². The predicted octanol–water partition coefficient (Wildman–Crippen LogP) is 1.26. The zero-order valence-corrected chi connectivity index (χ0v) is 10.8. The van der Waals surface area contributed by atoms with Crippen molar-refractivity contribution in [1.29, 1.82) is 0 Å². The molecule has 0 saturated heterocycles. The summed E-state index contributed by atoms with van der Waals surface area (Å²) >= 11 is 0. The minimum Gasteiger partial charge on any atom is -0.486 e. The molecule has 1 N–H and O–H groups in total. The van der Waals surface area contributed by atoms with Crippen LogP contribution in [0.1, 0.15) is 12.0 Å². The maximum atomic E-state index is 10.9. The van der Waals surface area contributed by atoms with Gasteiger partial charge in [-0.3, -0.25) is 14.9 Å². The first-order chi connectivity index (χ1) is 9.08. The smallest absolute Gasteiger partial charge is 0.310 e. The van der Waals surface area contributed by atoms with E-state index in [0.29, 0.717) is 6.54 Å². The van der Waals surface area contributed by atoms with Gasteiger partial charge in [-0.05, 0) is 18.7 Å². The topological polar surface area (TPSA) is 90.7 Å². The third-order valence-corrected chi connectivity index (χ3v) is 2.39. The van der Waals surface area contributed by atoms with E-state index in [1.165, 1.54) is 13.2 Å². The van der Waals surface area contributed by atoms with Crippen molar-refractivity contribution in [3.63, 3.8) is 0 Å². The van der Waals surface area contributed by atoms with Crippen LogP contribution in [0.3, 0.4) is 0 Å². The zero-order valence-electron chi connectivity index (χ0n) is 10.8. The molecule has 1 rings (SSSR count). The summed E-state index contributed by atoms with van der Waals surface area (Å²) in [6, 6.07) is 4.63. The summed E-state index contributed by atoms with van der Waals surface area (Å²) in [5, 5.41) is 13.8.